The quantitative estimate of drug-likeness (QED) is 0.753. The number of nitrogens with one attached hydrogen (secondary N) is 2. The van der Waals surface area contributed by atoms with E-state index >= 15 is 0 Å². The third-order valence-electron chi connectivity index (χ3n) is 3.95. The number of imidazole rings is 1. The first-order valence-corrected chi connectivity index (χ1v) is 7.62. The van der Waals surface area contributed by atoms with Gasteiger partial charge in [0, 0.05) is 26.3 Å². The number of benzene rings is 2. The van der Waals surface area contributed by atoms with E-state index in [2.05, 4.69) is 10.3 Å². The average molecular weight is 325 g/mol. The fraction of sp³-hybridized carbons (Fsp3) is 0.222. The van der Waals surface area contributed by atoms with Crippen molar-refractivity contribution in [3.63, 3.8) is 0 Å². The highest BCUT2D eigenvalue weighted by Crippen LogP contribution is 2.12. The minimum absolute atomic E-state index is 0.178. The molecule has 24 heavy (non-hydrogen) atoms. The van der Waals surface area contributed by atoms with E-state index < -0.39 is 0 Å². The molecule has 124 valence electrons. The maximum absolute atomic E-state index is 12.3. The zero-order chi connectivity index (χ0) is 17.1. The Kier molecular flexibility index (Phi) is 4.48. The molecular weight excluding hydrogens is 306 g/mol. The molecule has 0 aliphatic carbocycles. The molecule has 0 fully saturated rings. The lowest BCUT2D eigenvalue weighted by Gasteiger charge is -2.07. The second kappa shape index (κ2) is 6.72. The van der Waals surface area contributed by atoms with Crippen LogP contribution in [0, 0.1) is 0 Å². The molecule has 1 amide bonds. The number of hydrogen-bond acceptors (Lipinski definition) is 3. The summed E-state index contributed by atoms with van der Waals surface area (Å²) in [5, 5.41) is 2.88. The van der Waals surface area contributed by atoms with Gasteiger partial charge in [-0.15, -0.1) is 0 Å². The maximum Gasteiger partial charge on any atom is 0.326 e. The number of nitrogens with zero attached hydrogens (tertiary/aromatic N) is 1. The molecule has 0 aliphatic rings. The number of amides is 1. The fourth-order valence-electron chi connectivity index (χ4n) is 2.58. The van der Waals surface area contributed by atoms with Crippen LogP contribution >= 0.6 is 0 Å². The first kappa shape index (κ1) is 16.0. The van der Waals surface area contributed by atoms with Crippen LogP contribution in [-0.2, 0) is 24.9 Å². The fourth-order valence-corrected chi connectivity index (χ4v) is 2.58. The summed E-state index contributed by atoms with van der Waals surface area (Å²) in [7, 11) is 3.35. The summed E-state index contributed by atoms with van der Waals surface area (Å²) in [4.78, 5) is 26.6. The van der Waals surface area contributed by atoms with Crippen LogP contribution in [-0.4, -0.2) is 22.6 Å². The lowest BCUT2D eigenvalue weighted by atomic mass is 10.1. The van der Waals surface area contributed by atoms with E-state index in [1.165, 1.54) is 4.57 Å². The van der Waals surface area contributed by atoms with E-state index in [1.807, 2.05) is 24.3 Å². The molecule has 0 spiro atoms. The van der Waals surface area contributed by atoms with E-state index in [-0.39, 0.29) is 11.6 Å². The lowest BCUT2D eigenvalue weighted by molar-refractivity contribution is 0.0951. The van der Waals surface area contributed by atoms with E-state index in [1.54, 1.807) is 32.4 Å². The highest BCUT2D eigenvalue weighted by molar-refractivity contribution is 5.97. The number of aromatic nitrogens is 2. The monoisotopic (exact) mass is 325 g/mol. The minimum Gasteiger partial charge on any atom is -0.380 e. The Bertz CT molecular complexity index is 923. The Morgan fingerprint density at radius 2 is 1.88 bits per heavy atom. The van der Waals surface area contributed by atoms with Crippen LogP contribution in [0.15, 0.2) is 47.3 Å². The Labute approximate surface area is 139 Å². The third-order valence-corrected chi connectivity index (χ3v) is 3.95. The highest BCUT2D eigenvalue weighted by atomic mass is 16.5. The summed E-state index contributed by atoms with van der Waals surface area (Å²) >= 11 is 0. The van der Waals surface area contributed by atoms with Gasteiger partial charge in [-0.3, -0.25) is 9.36 Å². The van der Waals surface area contributed by atoms with Crippen molar-refractivity contribution in [1.82, 2.24) is 14.9 Å². The van der Waals surface area contributed by atoms with Gasteiger partial charge in [0.15, 0.2) is 0 Å². The van der Waals surface area contributed by atoms with Crippen molar-refractivity contribution in [2.45, 2.75) is 13.2 Å². The van der Waals surface area contributed by atoms with Crippen molar-refractivity contribution in [2.24, 2.45) is 7.05 Å². The van der Waals surface area contributed by atoms with Gasteiger partial charge in [-0.25, -0.2) is 4.79 Å². The Hall–Kier alpha value is -2.86. The van der Waals surface area contributed by atoms with E-state index in [0.717, 1.165) is 16.6 Å². The Morgan fingerprint density at radius 3 is 2.58 bits per heavy atom. The topological polar surface area (TPSA) is 76.1 Å². The normalized spacial score (nSPS) is 10.9. The standard InChI is InChI=1S/C18H19N3O3/c1-21-16-8-7-14(9-15(16)20-18(21)23)17(22)19-10-12-3-5-13(6-4-12)11-24-2/h3-9H,10-11H2,1-2H3,(H,19,22)(H,20,23). The van der Waals surface area contributed by atoms with Crippen molar-refractivity contribution in [3.05, 3.63) is 69.6 Å². The highest BCUT2D eigenvalue weighted by Gasteiger charge is 2.09. The number of fused-ring (bicyclic) bond motifs is 1. The molecule has 0 bridgehead atoms. The van der Waals surface area contributed by atoms with Crippen molar-refractivity contribution in [2.75, 3.05) is 7.11 Å². The number of rotatable bonds is 5. The van der Waals surface area contributed by atoms with Gasteiger partial charge in [-0.2, -0.15) is 0 Å². The second-order valence-corrected chi connectivity index (χ2v) is 5.65. The molecule has 2 N–H and O–H groups in total. The Balaban J connectivity index is 1.69. The molecule has 0 radical (unpaired) electrons. The SMILES string of the molecule is COCc1ccc(CNC(=O)c2ccc3c(c2)[nH]c(=O)n3C)cc1. The summed E-state index contributed by atoms with van der Waals surface area (Å²) < 4.78 is 6.58. The largest absolute Gasteiger partial charge is 0.380 e. The Morgan fingerprint density at radius 1 is 1.17 bits per heavy atom. The van der Waals surface area contributed by atoms with Gasteiger partial charge in [0.25, 0.3) is 5.91 Å². The van der Waals surface area contributed by atoms with E-state index in [0.29, 0.717) is 24.2 Å². The van der Waals surface area contributed by atoms with Gasteiger partial charge >= 0.3 is 5.69 Å². The number of aryl methyl sites for hydroxylation is 1. The molecule has 2 aromatic carbocycles. The van der Waals surface area contributed by atoms with Crippen LogP contribution in [0.5, 0.6) is 0 Å². The number of aromatic amines is 1. The molecule has 0 aliphatic heterocycles. The van der Waals surface area contributed by atoms with Crippen molar-refractivity contribution >= 4 is 16.9 Å². The number of ether oxygens (including phenoxy) is 1. The molecule has 0 unspecified atom stereocenters. The predicted molar refractivity (Wildman–Crippen MR) is 91.9 cm³/mol. The van der Waals surface area contributed by atoms with Crippen LogP contribution in [0.25, 0.3) is 11.0 Å². The second-order valence-electron chi connectivity index (χ2n) is 5.65. The summed E-state index contributed by atoms with van der Waals surface area (Å²) in [6, 6.07) is 13.1. The number of H-pyrrole nitrogens is 1. The van der Waals surface area contributed by atoms with E-state index in [9.17, 15) is 9.59 Å². The smallest absolute Gasteiger partial charge is 0.326 e. The summed E-state index contributed by atoms with van der Waals surface area (Å²) in [6.07, 6.45) is 0. The predicted octanol–water partition coefficient (Wildman–Crippen LogP) is 1.94. The first-order chi connectivity index (χ1) is 11.6. The molecule has 0 saturated carbocycles. The van der Waals surface area contributed by atoms with Crippen LogP contribution in [0.4, 0.5) is 0 Å². The summed E-state index contributed by atoms with van der Waals surface area (Å²) in [6.45, 7) is 1.01. The molecule has 6 heteroatoms. The number of methoxy groups -OCH3 is 1. The van der Waals surface area contributed by atoms with Crippen molar-refractivity contribution in [1.29, 1.82) is 0 Å². The van der Waals surface area contributed by atoms with Crippen LogP contribution in [0.1, 0.15) is 21.5 Å². The van der Waals surface area contributed by atoms with Gasteiger partial charge in [-0.05, 0) is 29.3 Å². The molecule has 0 atom stereocenters. The first-order valence-electron chi connectivity index (χ1n) is 7.62. The minimum atomic E-state index is -0.196. The number of carbonyl (C=O) groups excluding carboxylic acids is 1. The zero-order valence-electron chi connectivity index (χ0n) is 13.6. The summed E-state index contributed by atoms with van der Waals surface area (Å²) in [5.41, 5.74) is 3.84. The zero-order valence-corrected chi connectivity index (χ0v) is 13.6. The van der Waals surface area contributed by atoms with Gasteiger partial charge in [0.2, 0.25) is 0 Å². The van der Waals surface area contributed by atoms with Crippen LogP contribution in [0.3, 0.4) is 0 Å². The molecule has 6 nitrogen and oxygen atoms in total. The summed E-state index contributed by atoms with van der Waals surface area (Å²) in [5.74, 6) is -0.178. The third kappa shape index (κ3) is 3.23. The van der Waals surface area contributed by atoms with Gasteiger partial charge in [-0.1, -0.05) is 24.3 Å². The van der Waals surface area contributed by atoms with Gasteiger partial charge in [0.1, 0.15) is 0 Å². The van der Waals surface area contributed by atoms with Gasteiger partial charge in [0.05, 0.1) is 17.6 Å². The van der Waals surface area contributed by atoms with Crippen LogP contribution < -0.4 is 11.0 Å². The number of hydrogen-bond donors (Lipinski definition) is 2. The number of carbonyl (C=O) groups is 1. The van der Waals surface area contributed by atoms with Crippen LogP contribution in [0.2, 0.25) is 0 Å². The molecule has 1 heterocycles. The molecule has 0 saturated heterocycles. The molecular formula is C18H19N3O3. The molecule has 1 aromatic heterocycles. The maximum atomic E-state index is 12.3. The lowest BCUT2D eigenvalue weighted by Crippen LogP contribution is -2.22. The van der Waals surface area contributed by atoms with Crippen molar-refractivity contribution < 1.29 is 9.53 Å². The van der Waals surface area contributed by atoms with Crippen molar-refractivity contribution in [3.8, 4) is 0 Å². The molecule has 3 rings (SSSR count). The molecule has 3 aromatic rings. The van der Waals surface area contributed by atoms with E-state index in [4.69, 9.17) is 4.74 Å². The average Bonchev–Trinajstić information content (AvgIpc) is 2.88. The van der Waals surface area contributed by atoms with Gasteiger partial charge < -0.3 is 15.0 Å².